The largest absolute Gasteiger partial charge is 0.311 e. The normalized spacial score (nSPS) is 24.3. The van der Waals surface area contributed by atoms with E-state index in [4.69, 9.17) is 0 Å². The van der Waals surface area contributed by atoms with E-state index >= 15 is 0 Å². The SMILES string of the molecule is CCCC(C#C/C=C/C1CNC(C)CN1)c1cncs1. The van der Waals surface area contributed by atoms with Crippen molar-refractivity contribution in [2.75, 3.05) is 13.1 Å². The number of hydrogen-bond acceptors (Lipinski definition) is 4. The van der Waals surface area contributed by atoms with Gasteiger partial charge in [0.25, 0.3) is 0 Å². The highest BCUT2D eigenvalue weighted by molar-refractivity contribution is 7.09. The third-order valence-electron chi connectivity index (χ3n) is 3.41. The van der Waals surface area contributed by atoms with E-state index in [-0.39, 0.29) is 0 Å². The monoisotopic (exact) mass is 289 g/mol. The Morgan fingerprint density at radius 1 is 1.50 bits per heavy atom. The zero-order valence-corrected chi connectivity index (χ0v) is 13.0. The molecule has 0 saturated carbocycles. The summed E-state index contributed by atoms with van der Waals surface area (Å²) in [6.45, 7) is 6.38. The quantitative estimate of drug-likeness (QED) is 0.836. The van der Waals surface area contributed by atoms with Crippen molar-refractivity contribution < 1.29 is 0 Å². The second kappa shape index (κ2) is 8.21. The van der Waals surface area contributed by atoms with Crippen LogP contribution in [0.1, 0.15) is 37.5 Å². The molecule has 20 heavy (non-hydrogen) atoms. The minimum atomic E-state index is 0.328. The lowest BCUT2D eigenvalue weighted by Crippen LogP contribution is -2.52. The second-order valence-corrected chi connectivity index (χ2v) is 6.13. The third-order valence-corrected chi connectivity index (χ3v) is 4.30. The summed E-state index contributed by atoms with van der Waals surface area (Å²) in [5, 5.41) is 6.94. The summed E-state index contributed by atoms with van der Waals surface area (Å²) in [5.74, 6) is 6.88. The molecule has 0 spiro atoms. The standard InChI is InChI=1S/C16H23N3S/c1-3-6-14(16-11-17-12-20-16)7-4-5-8-15-10-18-13(2)9-19-15/h5,8,11-15,18-19H,3,6,9-10H2,1-2H3/b8-5+. The van der Waals surface area contributed by atoms with Crippen LogP contribution in [0.25, 0.3) is 0 Å². The first-order chi connectivity index (χ1) is 9.79. The molecule has 108 valence electrons. The summed E-state index contributed by atoms with van der Waals surface area (Å²) in [5.41, 5.74) is 1.88. The maximum atomic E-state index is 4.15. The van der Waals surface area contributed by atoms with Gasteiger partial charge < -0.3 is 10.6 Å². The van der Waals surface area contributed by atoms with Crippen LogP contribution >= 0.6 is 11.3 Å². The van der Waals surface area contributed by atoms with Crippen LogP contribution in [-0.2, 0) is 0 Å². The third kappa shape index (κ3) is 4.75. The van der Waals surface area contributed by atoms with Crippen molar-refractivity contribution in [2.24, 2.45) is 0 Å². The molecule has 3 unspecified atom stereocenters. The lowest BCUT2D eigenvalue weighted by Gasteiger charge is -2.26. The van der Waals surface area contributed by atoms with E-state index in [0.29, 0.717) is 18.0 Å². The molecular formula is C16H23N3S. The molecule has 4 heteroatoms. The van der Waals surface area contributed by atoms with Gasteiger partial charge in [-0.2, -0.15) is 0 Å². The number of rotatable bonds is 4. The summed E-state index contributed by atoms with van der Waals surface area (Å²) in [4.78, 5) is 5.43. The minimum Gasteiger partial charge on any atom is -0.311 e. The summed E-state index contributed by atoms with van der Waals surface area (Å²) in [6.07, 6.45) is 8.33. The van der Waals surface area contributed by atoms with E-state index < -0.39 is 0 Å². The summed E-state index contributed by atoms with van der Waals surface area (Å²) < 4.78 is 0. The Morgan fingerprint density at radius 2 is 2.40 bits per heavy atom. The molecular weight excluding hydrogens is 266 g/mol. The molecule has 0 bridgehead atoms. The molecule has 0 aliphatic carbocycles. The number of aromatic nitrogens is 1. The highest BCUT2D eigenvalue weighted by atomic mass is 32.1. The zero-order valence-electron chi connectivity index (χ0n) is 12.2. The van der Waals surface area contributed by atoms with Gasteiger partial charge >= 0.3 is 0 Å². The molecule has 2 rings (SSSR count). The molecule has 1 aliphatic rings. The summed E-state index contributed by atoms with van der Waals surface area (Å²) >= 11 is 1.70. The molecule has 0 radical (unpaired) electrons. The first-order valence-electron chi connectivity index (χ1n) is 7.32. The van der Waals surface area contributed by atoms with Crippen molar-refractivity contribution in [2.45, 2.75) is 44.7 Å². The van der Waals surface area contributed by atoms with Gasteiger partial charge in [-0.3, -0.25) is 4.98 Å². The Hall–Kier alpha value is -1.15. The summed E-state index contributed by atoms with van der Waals surface area (Å²) in [7, 11) is 0. The van der Waals surface area contributed by atoms with E-state index in [9.17, 15) is 0 Å². The zero-order chi connectivity index (χ0) is 14.2. The predicted octanol–water partition coefficient (Wildman–Crippen LogP) is 2.54. The Morgan fingerprint density at radius 3 is 3.05 bits per heavy atom. The molecule has 1 saturated heterocycles. The van der Waals surface area contributed by atoms with Gasteiger partial charge in [0.1, 0.15) is 0 Å². The molecule has 1 fully saturated rings. The fourth-order valence-electron chi connectivity index (χ4n) is 2.22. The van der Waals surface area contributed by atoms with E-state index in [2.05, 4.69) is 47.4 Å². The van der Waals surface area contributed by atoms with Crippen LogP contribution in [-0.4, -0.2) is 30.2 Å². The first kappa shape index (κ1) is 15.2. The first-order valence-corrected chi connectivity index (χ1v) is 8.20. The Bertz CT molecular complexity index is 462. The lowest BCUT2D eigenvalue weighted by molar-refractivity contribution is 0.397. The van der Waals surface area contributed by atoms with E-state index in [1.807, 2.05) is 17.8 Å². The van der Waals surface area contributed by atoms with Crippen LogP contribution in [0.3, 0.4) is 0 Å². The second-order valence-electron chi connectivity index (χ2n) is 5.22. The van der Waals surface area contributed by atoms with Gasteiger partial charge in [-0.15, -0.1) is 11.3 Å². The van der Waals surface area contributed by atoms with Gasteiger partial charge in [-0.25, -0.2) is 0 Å². The smallest absolute Gasteiger partial charge is 0.0794 e. The van der Waals surface area contributed by atoms with Crippen LogP contribution in [0, 0.1) is 11.8 Å². The molecule has 3 atom stereocenters. The van der Waals surface area contributed by atoms with Gasteiger partial charge in [0.05, 0.1) is 11.4 Å². The van der Waals surface area contributed by atoms with Crippen molar-refractivity contribution in [1.82, 2.24) is 15.6 Å². The highest BCUT2D eigenvalue weighted by Gasteiger charge is 2.13. The van der Waals surface area contributed by atoms with E-state index in [0.717, 1.165) is 25.9 Å². The van der Waals surface area contributed by atoms with Gasteiger partial charge in [0.15, 0.2) is 0 Å². The Balaban J connectivity index is 1.88. The fourth-order valence-corrected chi connectivity index (χ4v) is 2.93. The molecule has 1 aromatic rings. The van der Waals surface area contributed by atoms with E-state index in [1.54, 1.807) is 11.3 Å². The number of nitrogens with zero attached hydrogens (tertiary/aromatic N) is 1. The average Bonchev–Trinajstić information content (AvgIpc) is 2.98. The maximum Gasteiger partial charge on any atom is 0.0794 e. The Labute approximate surface area is 125 Å². The molecule has 1 aliphatic heterocycles. The van der Waals surface area contributed by atoms with Gasteiger partial charge in [0.2, 0.25) is 0 Å². The van der Waals surface area contributed by atoms with Crippen LogP contribution in [0.15, 0.2) is 23.9 Å². The predicted molar refractivity (Wildman–Crippen MR) is 85.9 cm³/mol. The van der Waals surface area contributed by atoms with Crippen molar-refractivity contribution >= 4 is 11.3 Å². The summed E-state index contributed by atoms with van der Waals surface area (Å²) in [6, 6.07) is 0.958. The number of hydrogen-bond donors (Lipinski definition) is 2. The molecule has 2 N–H and O–H groups in total. The molecule has 3 nitrogen and oxygen atoms in total. The van der Waals surface area contributed by atoms with Gasteiger partial charge in [-0.05, 0) is 19.4 Å². The van der Waals surface area contributed by atoms with Gasteiger partial charge in [0, 0.05) is 36.2 Å². The fraction of sp³-hybridized carbons (Fsp3) is 0.562. The van der Waals surface area contributed by atoms with Crippen LogP contribution in [0.5, 0.6) is 0 Å². The van der Waals surface area contributed by atoms with Crippen molar-refractivity contribution in [1.29, 1.82) is 0 Å². The van der Waals surface area contributed by atoms with Crippen LogP contribution < -0.4 is 10.6 Å². The minimum absolute atomic E-state index is 0.328. The van der Waals surface area contributed by atoms with Crippen LogP contribution in [0.2, 0.25) is 0 Å². The average molecular weight is 289 g/mol. The van der Waals surface area contributed by atoms with Crippen molar-refractivity contribution in [3.05, 3.63) is 28.7 Å². The number of thiazole rings is 1. The number of allylic oxidation sites excluding steroid dienone is 1. The van der Waals surface area contributed by atoms with Crippen molar-refractivity contribution in [3.8, 4) is 11.8 Å². The molecule has 0 amide bonds. The van der Waals surface area contributed by atoms with Gasteiger partial charge in [-0.1, -0.05) is 31.3 Å². The maximum absolute atomic E-state index is 4.15. The van der Waals surface area contributed by atoms with Crippen LogP contribution in [0.4, 0.5) is 0 Å². The van der Waals surface area contributed by atoms with E-state index in [1.165, 1.54) is 4.88 Å². The number of piperazine rings is 1. The molecule has 2 heterocycles. The van der Waals surface area contributed by atoms with Crippen molar-refractivity contribution in [3.63, 3.8) is 0 Å². The number of nitrogens with one attached hydrogen (secondary N) is 2. The molecule has 1 aromatic heterocycles. The topological polar surface area (TPSA) is 37.0 Å². The lowest BCUT2D eigenvalue weighted by atomic mass is 10.0. The molecule has 0 aromatic carbocycles. The Kier molecular flexibility index (Phi) is 6.25. The highest BCUT2D eigenvalue weighted by Crippen LogP contribution is 2.23.